The van der Waals surface area contributed by atoms with Crippen molar-refractivity contribution >= 4 is 5.69 Å². The van der Waals surface area contributed by atoms with Gasteiger partial charge in [-0.05, 0) is 64.1 Å². The second-order valence-corrected chi connectivity index (χ2v) is 6.11. The van der Waals surface area contributed by atoms with Gasteiger partial charge in [-0.3, -0.25) is 0 Å². The molecule has 1 fully saturated rings. The van der Waals surface area contributed by atoms with Crippen molar-refractivity contribution in [3.8, 4) is 0 Å². The van der Waals surface area contributed by atoms with Crippen LogP contribution < -0.4 is 5.73 Å². The number of aryl methyl sites for hydroxylation is 1. The molecule has 4 nitrogen and oxygen atoms in total. The van der Waals surface area contributed by atoms with E-state index >= 15 is 0 Å². The Morgan fingerprint density at radius 1 is 1.40 bits per heavy atom. The van der Waals surface area contributed by atoms with Gasteiger partial charge in [0.25, 0.3) is 0 Å². The zero-order chi connectivity index (χ0) is 14.7. The first-order valence-electron chi connectivity index (χ1n) is 7.40. The third-order valence-electron chi connectivity index (χ3n) is 4.46. The molecule has 112 valence electrons. The molecular weight excluding hydrogens is 250 g/mol. The minimum atomic E-state index is -0.470. The standard InChI is InChI=1S/C16H27N3O/c1-12-4-5-13(10-15(12)17)16(20)11-19(3)14-6-8-18(2)9-7-14/h4-5,10,14,16,20H,6-9,11,17H2,1-3H3. The number of piperidine rings is 1. The monoisotopic (exact) mass is 277 g/mol. The first-order valence-corrected chi connectivity index (χ1v) is 7.40. The fraction of sp³-hybridized carbons (Fsp3) is 0.625. The smallest absolute Gasteiger partial charge is 0.0917 e. The molecule has 1 aliphatic rings. The largest absolute Gasteiger partial charge is 0.399 e. The average Bonchev–Trinajstić information content (AvgIpc) is 2.42. The van der Waals surface area contributed by atoms with Crippen LogP contribution in [-0.2, 0) is 0 Å². The van der Waals surface area contributed by atoms with Crippen LogP contribution in [0.2, 0.25) is 0 Å². The predicted molar refractivity (Wildman–Crippen MR) is 83.7 cm³/mol. The number of rotatable bonds is 4. The number of anilines is 1. The van der Waals surface area contributed by atoms with E-state index in [1.165, 1.54) is 12.8 Å². The average molecular weight is 277 g/mol. The summed E-state index contributed by atoms with van der Waals surface area (Å²) in [5, 5.41) is 10.4. The summed E-state index contributed by atoms with van der Waals surface area (Å²) in [4.78, 5) is 4.65. The minimum Gasteiger partial charge on any atom is -0.399 e. The van der Waals surface area contributed by atoms with Crippen molar-refractivity contribution in [2.45, 2.75) is 31.9 Å². The van der Waals surface area contributed by atoms with Crippen molar-refractivity contribution in [2.75, 3.05) is 39.5 Å². The van der Waals surface area contributed by atoms with E-state index in [1.807, 2.05) is 25.1 Å². The van der Waals surface area contributed by atoms with Gasteiger partial charge in [0, 0.05) is 18.3 Å². The lowest BCUT2D eigenvalue weighted by Gasteiger charge is -2.36. The third kappa shape index (κ3) is 3.72. The zero-order valence-electron chi connectivity index (χ0n) is 12.8. The molecule has 3 N–H and O–H groups in total. The molecule has 0 radical (unpaired) electrons. The number of aliphatic hydroxyl groups excluding tert-OH is 1. The molecule has 1 saturated heterocycles. The Morgan fingerprint density at radius 3 is 2.65 bits per heavy atom. The highest BCUT2D eigenvalue weighted by Gasteiger charge is 2.22. The number of hydrogen-bond donors (Lipinski definition) is 2. The van der Waals surface area contributed by atoms with Crippen LogP contribution in [-0.4, -0.2) is 54.7 Å². The Balaban J connectivity index is 1.93. The Bertz CT molecular complexity index is 441. The molecule has 1 aromatic carbocycles. The fourth-order valence-corrected chi connectivity index (χ4v) is 2.83. The van der Waals surface area contributed by atoms with Crippen molar-refractivity contribution in [3.63, 3.8) is 0 Å². The summed E-state index contributed by atoms with van der Waals surface area (Å²) in [5.41, 5.74) is 8.64. The lowest BCUT2D eigenvalue weighted by atomic mass is 10.0. The Hall–Kier alpha value is -1.10. The van der Waals surface area contributed by atoms with Gasteiger partial charge in [-0.15, -0.1) is 0 Å². The lowest BCUT2D eigenvalue weighted by molar-refractivity contribution is 0.0789. The number of aliphatic hydroxyl groups is 1. The maximum absolute atomic E-state index is 10.4. The summed E-state index contributed by atoms with van der Waals surface area (Å²) in [6.45, 7) is 4.93. The normalized spacial score (nSPS) is 19.4. The van der Waals surface area contributed by atoms with E-state index < -0.39 is 6.10 Å². The molecule has 2 rings (SSSR count). The summed E-state index contributed by atoms with van der Waals surface area (Å²) in [6, 6.07) is 6.41. The third-order valence-corrected chi connectivity index (χ3v) is 4.46. The van der Waals surface area contributed by atoms with Gasteiger partial charge in [0.2, 0.25) is 0 Å². The molecular formula is C16H27N3O. The van der Waals surface area contributed by atoms with E-state index in [2.05, 4.69) is 23.9 Å². The molecule has 1 unspecified atom stereocenters. The first kappa shape index (κ1) is 15.3. The van der Waals surface area contributed by atoms with Crippen LogP contribution in [0.4, 0.5) is 5.69 Å². The number of hydrogen-bond acceptors (Lipinski definition) is 4. The van der Waals surface area contributed by atoms with E-state index in [0.29, 0.717) is 12.6 Å². The highest BCUT2D eigenvalue weighted by Crippen LogP contribution is 2.22. The maximum Gasteiger partial charge on any atom is 0.0917 e. The fourth-order valence-electron chi connectivity index (χ4n) is 2.83. The van der Waals surface area contributed by atoms with Crippen molar-refractivity contribution in [3.05, 3.63) is 29.3 Å². The van der Waals surface area contributed by atoms with Crippen LogP contribution in [0.5, 0.6) is 0 Å². The van der Waals surface area contributed by atoms with Gasteiger partial charge < -0.3 is 20.6 Å². The summed E-state index contributed by atoms with van der Waals surface area (Å²) >= 11 is 0. The van der Waals surface area contributed by atoms with E-state index in [4.69, 9.17) is 5.73 Å². The molecule has 0 bridgehead atoms. The molecule has 4 heteroatoms. The molecule has 0 aromatic heterocycles. The van der Waals surface area contributed by atoms with Gasteiger partial charge in [0.1, 0.15) is 0 Å². The minimum absolute atomic E-state index is 0.470. The highest BCUT2D eigenvalue weighted by molar-refractivity contribution is 5.48. The van der Waals surface area contributed by atoms with Gasteiger partial charge >= 0.3 is 0 Å². The highest BCUT2D eigenvalue weighted by atomic mass is 16.3. The van der Waals surface area contributed by atoms with Gasteiger partial charge in [0.15, 0.2) is 0 Å². The quantitative estimate of drug-likeness (QED) is 0.822. The molecule has 0 aliphatic carbocycles. The lowest BCUT2D eigenvalue weighted by Crippen LogP contribution is -2.43. The summed E-state index contributed by atoms with van der Waals surface area (Å²) in [6.07, 6.45) is 1.88. The van der Waals surface area contributed by atoms with E-state index in [-0.39, 0.29) is 0 Å². The van der Waals surface area contributed by atoms with Crippen molar-refractivity contribution in [1.82, 2.24) is 9.80 Å². The van der Waals surface area contributed by atoms with E-state index in [9.17, 15) is 5.11 Å². The Kier molecular flexibility index (Phi) is 5.02. The van der Waals surface area contributed by atoms with Crippen LogP contribution >= 0.6 is 0 Å². The van der Waals surface area contributed by atoms with Crippen LogP contribution in [0.15, 0.2) is 18.2 Å². The summed E-state index contributed by atoms with van der Waals surface area (Å²) in [7, 11) is 4.27. The van der Waals surface area contributed by atoms with Gasteiger partial charge in [-0.25, -0.2) is 0 Å². The van der Waals surface area contributed by atoms with Crippen LogP contribution in [0, 0.1) is 6.92 Å². The number of likely N-dealkylation sites (tertiary alicyclic amines) is 1. The van der Waals surface area contributed by atoms with Gasteiger partial charge in [0.05, 0.1) is 6.10 Å². The molecule has 20 heavy (non-hydrogen) atoms. The molecule has 1 heterocycles. The first-order chi connectivity index (χ1) is 9.47. The van der Waals surface area contributed by atoms with Crippen LogP contribution in [0.25, 0.3) is 0 Å². The van der Waals surface area contributed by atoms with E-state index in [1.54, 1.807) is 0 Å². The van der Waals surface area contributed by atoms with Crippen molar-refractivity contribution < 1.29 is 5.11 Å². The SMILES string of the molecule is Cc1ccc(C(O)CN(C)C2CCN(C)CC2)cc1N. The molecule has 0 spiro atoms. The van der Waals surface area contributed by atoms with Gasteiger partial charge in [-0.1, -0.05) is 12.1 Å². The number of likely N-dealkylation sites (N-methyl/N-ethyl adjacent to an activating group) is 1. The molecule has 1 aliphatic heterocycles. The van der Waals surface area contributed by atoms with Crippen molar-refractivity contribution in [2.24, 2.45) is 0 Å². The van der Waals surface area contributed by atoms with Gasteiger partial charge in [-0.2, -0.15) is 0 Å². The topological polar surface area (TPSA) is 52.7 Å². The van der Waals surface area contributed by atoms with Crippen LogP contribution in [0.1, 0.15) is 30.1 Å². The molecule has 0 saturated carbocycles. The molecule has 0 amide bonds. The second-order valence-electron chi connectivity index (χ2n) is 6.11. The number of nitrogens with two attached hydrogens (primary N) is 1. The Morgan fingerprint density at radius 2 is 2.05 bits per heavy atom. The summed E-state index contributed by atoms with van der Waals surface area (Å²) in [5.74, 6) is 0. The second kappa shape index (κ2) is 6.57. The molecule has 1 aromatic rings. The maximum atomic E-state index is 10.4. The number of nitrogens with zero attached hydrogens (tertiary/aromatic N) is 2. The van der Waals surface area contributed by atoms with Crippen molar-refractivity contribution in [1.29, 1.82) is 0 Å². The molecule has 1 atom stereocenters. The Labute approximate surface area is 122 Å². The number of nitrogen functional groups attached to an aromatic ring is 1. The predicted octanol–water partition coefficient (Wildman–Crippen LogP) is 1.64. The summed E-state index contributed by atoms with van der Waals surface area (Å²) < 4.78 is 0. The van der Waals surface area contributed by atoms with E-state index in [0.717, 1.165) is 29.9 Å². The van der Waals surface area contributed by atoms with Crippen LogP contribution in [0.3, 0.4) is 0 Å². The zero-order valence-corrected chi connectivity index (χ0v) is 12.8. The number of benzene rings is 1.